The van der Waals surface area contributed by atoms with E-state index in [-0.39, 0.29) is 22.3 Å². The van der Waals surface area contributed by atoms with Gasteiger partial charge < -0.3 is 10.1 Å². The standard InChI is InChI=1S/C18H19N3O4S/c1-12(2)20-18(22)21-26(23,24)17-10-14(11-19)7-8-16(17)25-15-6-4-5-13(3)9-15/h4-10,12H,1-3H3,(H2,20,21,22). The Bertz CT molecular complexity index is 963. The molecule has 8 heteroatoms. The largest absolute Gasteiger partial charge is 0.456 e. The van der Waals surface area contributed by atoms with E-state index in [2.05, 4.69) is 5.32 Å². The van der Waals surface area contributed by atoms with Crippen LogP contribution >= 0.6 is 0 Å². The molecule has 0 aliphatic heterocycles. The molecule has 0 saturated carbocycles. The number of nitrogens with one attached hydrogen (secondary N) is 2. The maximum absolute atomic E-state index is 12.6. The van der Waals surface area contributed by atoms with E-state index in [1.807, 2.05) is 23.8 Å². The number of ether oxygens (including phenoxy) is 1. The quantitative estimate of drug-likeness (QED) is 0.837. The molecule has 0 atom stereocenters. The number of nitrogens with zero attached hydrogens (tertiary/aromatic N) is 1. The molecule has 7 nitrogen and oxygen atoms in total. The van der Waals surface area contributed by atoms with Crippen molar-refractivity contribution in [2.75, 3.05) is 0 Å². The molecule has 0 heterocycles. The number of benzene rings is 2. The Hall–Kier alpha value is -3.05. The minimum Gasteiger partial charge on any atom is -0.456 e. The van der Waals surface area contributed by atoms with E-state index in [1.165, 1.54) is 12.1 Å². The van der Waals surface area contributed by atoms with Crippen LogP contribution in [0.25, 0.3) is 0 Å². The highest BCUT2D eigenvalue weighted by Crippen LogP contribution is 2.30. The molecule has 0 radical (unpaired) electrons. The minimum absolute atomic E-state index is 0.0134. The van der Waals surface area contributed by atoms with Gasteiger partial charge in [-0.2, -0.15) is 5.26 Å². The molecule has 2 amide bonds. The molecule has 0 spiro atoms. The molecule has 26 heavy (non-hydrogen) atoms. The summed E-state index contributed by atoms with van der Waals surface area (Å²) >= 11 is 0. The first-order valence-electron chi connectivity index (χ1n) is 7.83. The normalized spacial score (nSPS) is 10.9. The molecule has 2 aromatic rings. The zero-order valence-corrected chi connectivity index (χ0v) is 15.4. The first-order chi connectivity index (χ1) is 12.2. The third-order valence-electron chi connectivity index (χ3n) is 3.23. The summed E-state index contributed by atoms with van der Waals surface area (Å²) in [6.45, 7) is 5.28. The van der Waals surface area contributed by atoms with Gasteiger partial charge in [0.15, 0.2) is 0 Å². The van der Waals surface area contributed by atoms with Crippen LogP contribution in [0.5, 0.6) is 11.5 Å². The van der Waals surface area contributed by atoms with Gasteiger partial charge in [0.1, 0.15) is 16.4 Å². The number of carbonyl (C=O) groups excluding carboxylic acids is 1. The number of nitriles is 1. The third kappa shape index (κ3) is 4.97. The zero-order chi connectivity index (χ0) is 19.3. The predicted molar refractivity (Wildman–Crippen MR) is 96.4 cm³/mol. The Morgan fingerprint density at radius 2 is 1.92 bits per heavy atom. The topological polar surface area (TPSA) is 108 Å². The number of hydrogen-bond acceptors (Lipinski definition) is 5. The number of hydrogen-bond donors (Lipinski definition) is 2. The Morgan fingerprint density at radius 3 is 2.54 bits per heavy atom. The second-order valence-corrected chi connectivity index (χ2v) is 7.58. The van der Waals surface area contributed by atoms with Gasteiger partial charge in [0, 0.05) is 6.04 Å². The highest BCUT2D eigenvalue weighted by molar-refractivity contribution is 7.90. The summed E-state index contributed by atoms with van der Waals surface area (Å²) in [5.41, 5.74) is 1.07. The van der Waals surface area contributed by atoms with Crippen LogP contribution in [0.3, 0.4) is 0 Å². The summed E-state index contributed by atoms with van der Waals surface area (Å²) in [7, 11) is -4.24. The van der Waals surface area contributed by atoms with Crippen LogP contribution in [0.15, 0.2) is 47.4 Å². The SMILES string of the molecule is Cc1cccc(Oc2ccc(C#N)cc2S(=O)(=O)NC(=O)NC(C)C)c1. The average Bonchev–Trinajstić information content (AvgIpc) is 2.53. The van der Waals surface area contributed by atoms with Gasteiger partial charge in [0.25, 0.3) is 10.0 Å². The van der Waals surface area contributed by atoms with E-state index in [1.54, 1.807) is 32.0 Å². The second kappa shape index (κ2) is 7.89. The van der Waals surface area contributed by atoms with E-state index < -0.39 is 16.1 Å². The van der Waals surface area contributed by atoms with Gasteiger partial charge in [-0.15, -0.1) is 0 Å². The van der Waals surface area contributed by atoms with Crippen molar-refractivity contribution >= 4 is 16.1 Å². The smallest absolute Gasteiger partial charge is 0.328 e. The molecule has 0 saturated heterocycles. The minimum atomic E-state index is -4.24. The molecule has 2 N–H and O–H groups in total. The average molecular weight is 373 g/mol. The van der Waals surface area contributed by atoms with Gasteiger partial charge in [0.2, 0.25) is 0 Å². The number of aryl methyl sites for hydroxylation is 1. The Balaban J connectivity index is 2.42. The molecule has 0 aliphatic rings. The molecule has 2 rings (SSSR count). The Labute approximate surface area is 152 Å². The van der Waals surface area contributed by atoms with Crippen molar-refractivity contribution in [3.63, 3.8) is 0 Å². The van der Waals surface area contributed by atoms with Crippen molar-refractivity contribution in [2.24, 2.45) is 0 Å². The lowest BCUT2D eigenvalue weighted by atomic mass is 10.2. The fourth-order valence-electron chi connectivity index (χ4n) is 2.15. The van der Waals surface area contributed by atoms with Crippen LogP contribution in [0.1, 0.15) is 25.0 Å². The van der Waals surface area contributed by atoms with Gasteiger partial charge in [-0.1, -0.05) is 12.1 Å². The van der Waals surface area contributed by atoms with Crippen LogP contribution in [0, 0.1) is 18.3 Å². The highest BCUT2D eigenvalue weighted by atomic mass is 32.2. The lowest BCUT2D eigenvalue weighted by Crippen LogP contribution is -2.42. The first kappa shape index (κ1) is 19.3. The zero-order valence-electron chi connectivity index (χ0n) is 14.6. The summed E-state index contributed by atoms with van der Waals surface area (Å²) in [6.07, 6.45) is 0. The summed E-state index contributed by atoms with van der Waals surface area (Å²) in [6, 6.07) is 11.8. The number of amides is 2. The Morgan fingerprint density at radius 1 is 1.19 bits per heavy atom. The van der Waals surface area contributed by atoms with Crippen LogP contribution < -0.4 is 14.8 Å². The first-order valence-corrected chi connectivity index (χ1v) is 9.31. The fourth-order valence-corrected chi connectivity index (χ4v) is 3.22. The number of carbonyl (C=O) groups is 1. The number of urea groups is 1. The molecular weight excluding hydrogens is 354 g/mol. The van der Waals surface area contributed by atoms with Crippen molar-refractivity contribution in [3.05, 3.63) is 53.6 Å². The lowest BCUT2D eigenvalue weighted by molar-refractivity contribution is 0.243. The van der Waals surface area contributed by atoms with Gasteiger partial charge in [0.05, 0.1) is 11.6 Å². The second-order valence-electron chi connectivity index (χ2n) is 5.93. The molecule has 136 valence electrons. The van der Waals surface area contributed by atoms with Crippen LogP contribution in [-0.4, -0.2) is 20.5 Å². The summed E-state index contributed by atoms with van der Waals surface area (Å²) in [4.78, 5) is 11.5. The summed E-state index contributed by atoms with van der Waals surface area (Å²) < 4.78 is 32.8. The molecule has 0 fully saturated rings. The lowest BCUT2D eigenvalue weighted by Gasteiger charge is -2.14. The molecule has 0 aromatic heterocycles. The van der Waals surface area contributed by atoms with Gasteiger partial charge >= 0.3 is 6.03 Å². The van der Waals surface area contributed by atoms with Crippen LogP contribution in [0.4, 0.5) is 4.79 Å². The van der Waals surface area contributed by atoms with Crippen molar-refractivity contribution in [3.8, 4) is 17.6 Å². The molecule has 2 aromatic carbocycles. The van der Waals surface area contributed by atoms with Gasteiger partial charge in [-0.25, -0.2) is 17.9 Å². The Kier molecular flexibility index (Phi) is 5.85. The van der Waals surface area contributed by atoms with Gasteiger partial charge in [-0.3, -0.25) is 0 Å². The molecule has 0 bridgehead atoms. The molecular formula is C18H19N3O4S. The van der Waals surface area contributed by atoms with E-state index in [0.717, 1.165) is 11.6 Å². The summed E-state index contributed by atoms with van der Waals surface area (Å²) in [5.74, 6) is 0.456. The van der Waals surface area contributed by atoms with Crippen molar-refractivity contribution in [1.29, 1.82) is 5.26 Å². The van der Waals surface area contributed by atoms with Gasteiger partial charge in [-0.05, 0) is 56.7 Å². The number of sulfonamides is 1. The van der Waals surface area contributed by atoms with Crippen molar-refractivity contribution in [2.45, 2.75) is 31.7 Å². The van der Waals surface area contributed by atoms with E-state index in [0.29, 0.717) is 5.75 Å². The fraction of sp³-hybridized carbons (Fsp3) is 0.222. The van der Waals surface area contributed by atoms with Crippen LogP contribution in [-0.2, 0) is 10.0 Å². The van der Waals surface area contributed by atoms with Crippen molar-refractivity contribution < 1.29 is 17.9 Å². The van der Waals surface area contributed by atoms with Crippen LogP contribution in [0.2, 0.25) is 0 Å². The third-order valence-corrected chi connectivity index (χ3v) is 4.58. The maximum atomic E-state index is 12.6. The molecule has 0 aliphatic carbocycles. The van der Waals surface area contributed by atoms with Crippen molar-refractivity contribution in [1.82, 2.24) is 10.0 Å². The highest BCUT2D eigenvalue weighted by Gasteiger charge is 2.23. The van der Waals surface area contributed by atoms with E-state index >= 15 is 0 Å². The molecule has 0 unspecified atom stereocenters. The predicted octanol–water partition coefficient (Wildman–Crippen LogP) is 3.06. The summed E-state index contributed by atoms with van der Waals surface area (Å²) in [5, 5.41) is 11.5. The maximum Gasteiger partial charge on any atom is 0.328 e. The van der Waals surface area contributed by atoms with E-state index in [9.17, 15) is 13.2 Å². The monoisotopic (exact) mass is 373 g/mol. The number of rotatable bonds is 5. The van der Waals surface area contributed by atoms with E-state index in [4.69, 9.17) is 10.00 Å².